The number of piperazine rings is 1. The van der Waals surface area contributed by atoms with Crippen molar-refractivity contribution in [3.05, 3.63) is 48.2 Å². The zero-order chi connectivity index (χ0) is 19.0. The lowest BCUT2D eigenvalue weighted by molar-refractivity contribution is 0.562. The molecular formula is C20H23N7. The highest BCUT2D eigenvalue weighted by Crippen LogP contribution is 2.27. The number of nitriles is 1. The van der Waals surface area contributed by atoms with Gasteiger partial charge in [0.2, 0.25) is 0 Å². The van der Waals surface area contributed by atoms with Crippen molar-refractivity contribution >= 4 is 17.0 Å². The molecule has 0 aromatic carbocycles. The van der Waals surface area contributed by atoms with Gasteiger partial charge in [-0.1, -0.05) is 20.8 Å². The molecule has 1 saturated heterocycles. The van der Waals surface area contributed by atoms with Crippen molar-refractivity contribution < 1.29 is 0 Å². The van der Waals surface area contributed by atoms with E-state index in [1.54, 1.807) is 6.20 Å². The van der Waals surface area contributed by atoms with Crippen LogP contribution in [0.3, 0.4) is 0 Å². The van der Waals surface area contributed by atoms with Crippen molar-refractivity contribution in [1.82, 2.24) is 19.6 Å². The van der Waals surface area contributed by atoms with Gasteiger partial charge in [0.1, 0.15) is 17.3 Å². The number of hydrogen-bond acceptors (Lipinski definition) is 6. The molecular weight excluding hydrogens is 338 g/mol. The molecule has 7 heteroatoms. The van der Waals surface area contributed by atoms with Gasteiger partial charge in [0, 0.05) is 55.9 Å². The minimum atomic E-state index is 0.00177. The number of aromatic nitrogens is 4. The molecule has 3 aromatic heterocycles. The zero-order valence-electron chi connectivity index (χ0n) is 15.9. The van der Waals surface area contributed by atoms with Crippen LogP contribution in [0.15, 0.2) is 36.8 Å². The van der Waals surface area contributed by atoms with E-state index in [4.69, 9.17) is 10.4 Å². The van der Waals surface area contributed by atoms with Crippen molar-refractivity contribution in [3.8, 4) is 6.07 Å². The number of pyridine rings is 1. The van der Waals surface area contributed by atoms with Gasteiger partial charge in [-0.15, -0.1) is 0 Å². The van der Waals surface area contributed by atoms with Crippen LogP contribution in [-0.2, 0) is 5.41 Å². The van der Waals surface area contributed by atoms with Crippen LogP contribution in [-0.4, -0.2) is 45.8 Å². The molecule has 0 aliphatic carbocycles. The molecule has 27 heavy (non-hydrogen) atoms. The topological polar surface area (TPSA) is 73.3 Å². The van der Waals surface area contributed by atoms with Crippen molar-refractivity contribution in [3.63, 3.8) is 0 Å². The first-order chi connectivity index (χ1) is 13.0. The summed E-state index contributed by atoms with van der Waals surface area (Å²) in [7, 11) is 0. The third-order valence-corrected chi connectivity index (χ3v) is 4.94. The Balaban J connectivity index is 1.56. The van der Waals surface area contributed by atoms with Gasteiger partial charge in [-0.05, 0) is 18.2 Å². The molecule has 1 aliphatic rings. The van der Waals surface area contributed by atoms with Gasteiger partial charge in [-0.2, -0.15) is 10.4 Å². The third-order valence-electron chi connectivity index (χ3n) is 4.94. The third kappa shape index (κ3) is 3.31. The molecule has 0 saturated carbocycles. The fourth-order valence-electron chi connectivity index (χ4n) is 3.37. The quantitative estimate of drug-likeness (QED) is 0.699. The van der Waals surface area contributed by atoms with Gasteiger partial charge in [-0.25, -0.2) is 14.5 Å². The van der Waals surface area contributed by atoms with Gasteiger partial charge in [0.25, 0.3) is 0 Å². The maximum Gasteiger partial charge on any atom is 0.154 e. The van der Waals surface area contributed by atoms with Crippen molar-refractivity contribution in [2.45, 2.75) is 26.2 Å². The first-order valence-electron chi connectivity index (χ1n) is 9.16. The SMILES string of the molecule is CC(C)(C)c1cc2c(N3CCN(c4ccnc(C#N)c4)CC3)nccn2n1. The van der Waals surface area contributed by atoms with Gasteiger partial charge < -0.3 is 9.80 Å². The van der Waals surface area contributed by atoms with Crippen LogP contribution >= 0.6 is 0 Å². The number of fused-ring (bicyclic) bond motifs is 1. The first kappa shape index (κ1) is 17.3. The first-order valence-corrected chi connectivity index (χ1v) is 9.16. The molecule has 138 valence electrons. The maximum absolute atomic E-state index is 9.06. The van der Waals surface area contributed by atoms with Crippen LogP contribution < -0.4 is 9.80 Å². The Labute approximate surface area is 158 Å². The molecule has 0 bridgehead atoms. The van der Waals surface area contributed by atoms with Crippen LogP contribution in [0, 0.1) is 11.3 Å². The van der Waals surface area contributed by atoms with Gasteiger partial charge >= 0.3 is 0 Å². The van der Waals surface area contributed by atoms with E-state index in [9.17, 15) is 0 Å². The molecule has 0 N–H and O–H groups in total. The number of rotatable bonds is 2. The van der Waals surface area contributed by atoms with E-state index in [1.807, 2.05) is 29.0 Å². The molecule has 0 radical (unpaired) electrons. The summed E-state index contributed by atoms with van der Waals surface area (Å²) in [5, 5.41) is 13.8. The number of anilines is 2. The van der Waals surface area contributed by atoms with E-state index < -0.39 is 0 Å². The Kier molecular flexibility index (Phi) is 4.19. The molecule has 0 unspecified atom stereocenters. The summed E-state index contributed by atoms with van der Waals surface area (Å²) in [6, 6.07) is 8.07. The summed E-state index contributed by atoms with van der Waals surface area (Å²) in [4.78, 5) is 13.3. The van der Waals surface area contributed by atoms with Crippen LogP contribution in [0.2, 0.25) is 0 Å². The Morgan fingerprint density at radius 3 is 2.44 bits per heavy atom. The second-order valence-corrected chi connectivity index (χ2v) is 7.85. The van der Waals surface area contributed by atoms with Crippen LogP contribution in [0.4, 0.5) is 11.5 Å². The highest BCUT2D eigenvalue weighted by atomic mass is 15.3. The summed E-state index contributed by atoms with van der Waals surface area (Å²) in [5.41, 5.74) is 3.62. The maximum atomic E-state index is 9.06. The van der Waals surface area contributed by atoms with E-state index in [2.05, 4.69) is 52.7 Å². The van der Waals surface area contributed by atoms with Crippen LogP contribution in [0.25, 0.3) is 5.52 Å². The fraction of sp³-hybridized carbons (Fsp3) is 0.400. The average Bonchev–Trinajstić information content (AvgIpc) is 3.13. The lowest BCUT2D eigenvalue weighted by atomic mass is 9.92. The summed E-state index contributed by atoms with van der Waals surface area (Å²) in [6.07, 6.45) is 5.42. The summed E-state index contributed by atoms with van der Waals surface area (Å²) in [5.74, 6) is 0.979. The average molecular weight is 361 g/mol. The van der Waals surface area contributed by atoms with Crippen molar-refractivity contribution in [2.75, 3.05) is 36.0 Å². The van der Waals surface area contributed by atoms with Crippen molar-refractivity contribution in [1.29, 1.82) is 5.26 Å². The molecule has 1 aliphatic heterocycles. The van der Waals surface area contributed by atoms with Gasteiger partial charge in [0.05, 0.1) is 5.69 Å². The smallest absolute Gasteiger partial charge is 0.154 e. The highest BCUT2D eigenvalue weighted by molar-refractivity contribution is 5.70. The Morgan fingerprint density at radius 1 is 1.00 bits per heavy atom. The van der Waals surface area contributed by atoms with Gasteiger partial charge in [0.15, 0.2) is 5.82 Å². The molecule has 0 atom stereocenters. The predicted octanol–water partition coefficient (Wildman–Crippen LogP) is 2.62. The standard InChI is InChI=1S/C20H23N7/c1-20(2,3)18-13-17-19(23-6-7-27(17)24-18)26-10-8-25(9-11-26)16-4-5-22-15(12-16)14-21/h4-7,12-13H,8-11H2,1-3H3. The molecule has 4 rings (SSSR count). The second kappa shape index (κ2) is 6.54. The summed E-state index contributed by atoms with van der Waals surface area (Å²) in [6.45, 7) is 10.00. The van der Waals surface area contributed by atoms with E-state index in [-0.39, 0.29) is 5.41 Å². The highest BCUT2D eigenvalue weighted by Gasteiger charge is 2.23. The Morgan fingerprint density at radius 2 is 1.74 bits per heavy atom. The zero-order valence-corrected chi connectivity index (χ0v) is 15.9. The monoisotopic (exact) mass is 361 g/mol. The normalized spacial score (nSPS) is 15.2. The van der Waals surface area contributed by atoms with E-state index in [0.29, 0.717) is 5.69 Å². The molecule has 4 heterocycles. The molecule has 7 nitrogen and oxygen atoms in total. The van der Waals surface area contributed by atoms with E-state index >= 15 is 0 Å². The second-order valence-electron chi connectivity index (χ2n) is 7.85. The van der Waals surface area contributed by atoms with Crippen LogP contribution in [0.1, 0.15) is 32.2 Å². The minimum Gasteiger partial charge on any atom is -0.368 e. The van der Waals surface area contributed by atoms with E-state index in [0.717, 1.165) is 48.9 Å². The predicted molar refractivity (Wildman–Crippen MR) is 105 cm³/mol. The number of hydrogen-bond donors (Lipinski definition) is 0. The lowest BCUT2D eigenvalue weighted by Crippen LogP contribution is -2.47. The van der Waals surface area contributed by atoms with Gasteiger partial charge in [-0.3, -0.25) is 0 Å². The largest absolute Gasteiger partial charge is 0.368 e. The Hall–Kier alpha value is -3.14. The lowest BCUT2D eigenvalue weighted by Gasteiger charge is -2.36. The molecule has 0 amide bonds. The number of nitrogens with zero attached hydrogens (tertiary/aromatic N) is 7. The molecule has 3 aromatic rings. The minimum absolute atomic E-state index is 0.00177. The van der Waals surface area contributed by atoms with Crippen molar-refractivity contribution in [2.24, 2.45) is 0 Å². The summed E-state index contributed by atoms with van der Waals surface area (Å²) >= 11 is 0. The summed E-state index contributed by atoms with van der Waals surface area (Å²) < 4.78 is 1.93. The molecule has 0 spiro atoms. The van der Waals surface area contributed by atoms with E-state index in [1.165, 1.54) is 0 Å². The fourth-order valence-corrected chi connectivity index (χ4v) is 3.37. The molecule has 1 fully saturated rings. The van der Waals surface area contributed by atoms with Crippen LogP contribution in [0.5, 0.6) is 0 Å². The Bertz CT molecular complexity index is 1000.